The summed E-state index contributed by atoms with van der Waals surface area (Å²) in [6.07, 6.45) is 1.91. The Morgan fingerprint density at radius 3 is 2.40 bits per heavy atom. The van der Waals surface area contributed by atoms with Crippen molar-refractivity contribution < 1.29 is 18.0 Å². The number of hydrogen-bond acceptors (Lipinski definition) is 5. The van der Waals surface area contributed by atoms with Crippen LogP contribution in [0.5, 0.6) is 0 Å². The van der Waals surface area contributed by atoms with E-state index >= 15 is 0 Å². The first kappa shape index (κ1) is 22.5. The van der Waals surface area contributed by atoms with Crippen molar-refractivity contribution in [2.45, 2.75) is 44.0 Å². The molecule has 0 aliphatic carbocycles. The van der Waals surface area contributed by atoms with Crippen LogP contribution in [0.15, 0.2) is 46.7 Å². The molecule has 162 valence electrons. The number of nitrogens with zero attached hydrogens (tertiary/aromatic N) is 1. The van der Waals surface area contributed by atoms with Crippen LogP contribution in [0.4, 0.5) is 5.69 Å². The number of piperidine rings is 1. The van der Waals surface area contributed by atoms with E-state index < -0.39 is 10.0 Å². The second-order valence-corrected chi connectivity index (χ2v) is 10.1. The van der Waals surface area contributed by atoms with Crippen LogP contribution in [0.25, 0.3) is 0 Å². The van der Waals surface area contributed by atoms with Crippen LogP contribution in [-0.4, -0.2) is 44.3 Å². The van der Waals surface area contributed by atoms with E-state index in [2.05, 4.69) is 10.0 Å². The van der Waals surface area contributed by atoms with Crippen LogP contribution < -0.4 is 10.0 Å². The minimum Gasteiger partial charge on any atom is -0.338 e. The lowest BCUT2D eigenvalue weighted by molar-refractivity contribution is -0.121. The molecular weight excluding hydrogens is 422 g/mol. The first-order valence-electron chi connectivity index (χ1n) is 10.1. The fourth-order valence-electron chi connectivity index (χ4n) is 3.28. The summed E-state index contributed by atoms with van der Waals surface area (Å²) >= 11 is 1.42. The summed E-state index contributed by atoms with van der Waals surface area (Å²) in [4.78, 5) is 27.7. The molecule has 30 heavy (non-hydrogen) atoms. The van der Waals surface area contributed by atoms with Gasteiger partial charge in [0.05, 0.1) is 9.77 Å². The molecule has 1 unspecified atom stereocenters. The van der Waals surface area contributed by atoms with Crippen molar-refractivity contribution in [2.75, 3.05) is 18.4 Å². The van der Waals surface area contributed by atoms with Gasteiger partial charge in [-0.1, -0.05) is 13.0 Å². The monoisotopic (exact) mass is 449 g/mol. The van der Waals surface area contributed by atoms with Gasteiger partial charge in [-0.05, 0) is 61.9 Å². The van der Waals surface area contributed by atoms with Crippen LogP contribution >= 0.6 is 11.3 Å². The van der Waals surface area contributed by atoms with E-state index in [0.717, 1.165) is 4.88 Å². The first-order chi connectivity index (χ1) is 14.3. The van der Waals surface area contributed by atoms with Gasteiger partial charge in [0.15, 0.2) is 0 Å². The summed E-state index contributed by atoms with van der Waals surface area (Å²) in [7, 11) is -3.57. The largest absolute Gasteiger partial charge is 0.338 e. The van der Waals surface area contributed by atoms with Crippen molar-refractivity contribution in [3.05, 3.63) is 46.7 Å². The van der Waals surface area contributed by atoms with Gasteiger partial charge in [-0.25, -0.2) is 13.1 Å². The molecule has 9 heteroatoms. The lowest BCUT2D eigenvalue weighted by Gasteiger charge is -2.31. The zero-order valence-electron chi connectivity index (χ0n) is 17.1. The summed E-state index contributed by atoms with van der Waals surface area (Å²) < 4.78 is 27.3. The molecule has 1 aromatic carbocycles. The number of rotatable bonds is 7. The van der Waals surface area contributed by atoms with Crippen LogP contribution in [0.1, 0.15) is 42.8 Å². The van der Waals surface area contributed by atoms with Crippen molar-refractivity contribution in [1.82, 2.24) is 9.62 Å². The number of nitrogens with one attached hydrogen (secondary N) is 2. The standard InChI is InChI=1S/C21H27N3O4S2/c1-3-15(2)23-30(27,28)18-8-6-17(7-9-18)22-20(25)16-10-12-24(13-11-16)21(26)19-5-4-14-29-19/h4-9,14-16,23H,3,10-13H2,1-2H3,(H,22,25). The molecule has 1 aliphatic heterocycles. The molecule has 1 aromatic heterocycles. The molecule has 2 aromatic rings. The Bertz CT molecular complexity index is 964. The molecular formula is C21H27N3O4S2. The highest BCUT2D eigenvalue weighted by atomic mass is 32.2. The maximum absolute atomic E-state index is 12.6. The zero-order valence-corrected chi connectivity index (χ0v) is 18.8. The van der Waals surface area contributed by atoms with E-state index in [4.69, 9.17) is 0 Å². The van der Waals surface area contributed by atoms with E-state index in [1.54, 1.807) is 17.0 Å². The van der Waals surface area contributed by atoms with E-state index in [0.29, 0.717) is 38.0 Å². The van der Waals surface area contributed by atoms with Gasteiger partial charge >= 0.3 is 0 Å². The zero-order chi connectivity index (χ0) is 21.7. The first-order valence-corrected chi connectivity index (χ1v) is 12.4. The highest BCUT2D eigenvalue weighted by molar-refractivity contribution is 7.89. The molecule has 1 fully saturated rings. The Balaban J connectivity index is 1.53. The van der Waals surface area contributed by atoms with Gasteiger partial charge < -0.3 is 10.2 Å². The van der Waals surface area contributed by atoms with E-state index in [1.165, 1.54) is 23.5 Å². The van der Waals surface area contributed by atoms with Crippen LogP contribution in [0.3, 0.4) is 0 Å². The number of amides is 2. The van der Waals surface area contributed by atoms with Crippen molar-refractivity contribution in [1.29, 1.82) is 0 Å². The SMILES string of the molecule is CCC(C)NS(=O)(=O)c1ccc(NC(=O)C2CCN(C(=O)c3cccs3)CC2)cc1. The predicted octanol–water partition coefficient (Wildman–Crippen LogP) is 3.32. The second kappa shape index (κ2) is 9.72. The Hall–Kier alpha value is -2.23. The summed E-state index contributed by atoms with van der Waals surface area (Å²) in [6, 6.07) is 9.69. The number of likely N-dealkylation sites (tertiary alicyclic amines) is 1. The Kier molecular flexibility index (Phi) is 7.27. The van der Waals surface area contributed by atoms with Gasteiger partial charge in [-0.15, -0.1) is 11.3 Å². The average molecular weight is 450 g/mol. The third-order valence-electron chi connectivity index (χ3n) is 5.29. The summed E-state index contributed by atoms with van der Waals surface area (Å²) in [5, 5.41) is 4.74. The molecule has 0 saturated carbocycles. The minimum atomic E-state index is -3.57. The highest BCUT2D eigenvalue weighted by Gasteiger charge is 2.28. The average Bonchev–Trinajstić information content (AvgIpc) is 3.28. The molecule has 2 heterocycles. The van der Waals surface area contributed by atoms with E-state index in [1.807, 2.05) is 31.4 Å². The van der Waals surface area contributed by atoms with Crippen molar-refractivity contribution >= 4 is 38.9 Å². The number of anilines is 1. The summed E-state index contributed by atoms with van der Waals surface area (Å²) in [5.41, 5.74) is 0.555. The maximum Gasteiger partial charge on any atom is 0.263 e. The number of sulfonamides is 1. The molecule has 2 amide bonds. The number of benzene rings is 1. The van der Waals surface area contributed by atoms with E-state index in [9.17, 15) is 18.0 Å². The van der Waals surface area contributed by atoms with Crippen LogP contribution in [0, 0.1) is 5.92 Å². The normalized spacial score (nSPS) is 16.3. The van der Waals surface area contributed by atoms with Gasteiger partial charge in [0, 0.05) is 30.7 Å². The van der Waals surface area contributed by atoms with Gasteiger partial charge in [-0.2, -0.15) is 0 Å². The molecule has 0 radical (unpaired) electrons. The third-order valence-corrected chi connectivity index (χ3v) is 7.75. The lowest BCUT2D eigenvalue weighted by atomic mass is 9.95. The predicted molar refractivity (Wildman–Crippen MR) is 118 cm³/mol. The Morgan fingerprint density at radius 1 is 1.17 bits per heavy atom. The Labute approximate surface area is 181 Å². The van der Waals surface area contributed by atoms with Crippen LogP contribution in [0.2, 0.25) is 0 Å². The van der Waals surface area contributed by atoms with Crippen molar-refractivity contribution in [2.24, 2.45) is 5.92 Å². The lowest BCUT2D eigenvalue weighted by Crippen LogP contribution is -2.41. The van der Waals surface area contributed by atoms with Gasteiger partial charge in [-0.3, -0.25) is 9.59 Å². The van der Waals surface area contributed by atoms with Crippen molar-refractivity contribution in [3.63, 3.8) is 0 Å². The fourth-order valence-corrected chi connectivity index (χ4v) is 5.30. The third kappa shape index (κ3) is 5.47. The number of hydrogen-bond donors (Lipinski definition) is 2. The molecule has 1 atom stereocenters. The minimum absolute atomic E-state index is 0.0201. The molecule has 1 aliphatic rings. The maximum atomic E-state index is 12.6. The summed E-state index contributed by atoms with van der Waals surface area (Å²) in [6.45, 7) is 4.82. The quantitative estimate of drug-likeness (QED) is 0.678. The van der Waals surface area contributed by atoms with Crippen LogP contribution in [-0.2, 0) is 14.8 Å². The molecule has 1 saturated heterocycles. The van der Waals surface area contributed by atoms with Gasteiger partial charge in [0.25, 0.3) is 5.91 Å². The number of carbonyl (C=O) groups is 2. The highest BCUT2D eigenvalue weighted by Crippen LogP contribution is 2.23. The summed E-state index contributed by atoms with van der Waals surface area (Å²) in [5.74, 6) is -0.258. The molecule has 0 spiro atoms. The second-order valence-electron chi connectivity index (χ2n) is 7.49. The topological polar surface area (TPSA) is 95.6 Å². The van der Waals surface area contributed by atoms with E-state index in [-0.39, 0.29) is 28.7 Å². The van der Waals surface area contributed by atoms with Gasteiger partial charge in [0.1, 0.15) is 0 Å². The smallest absolute Gasteiger partial charge is 0.263 e. The molecule has 3 rings (SSSR count). The molecule has 2 N–H and O–H groups in total. The fraction of sp³-hybridized carbons (Fsp3) is 0.429. The molecule has 0 bridgehead atoms. The van der Waals surface area contributed by atoms with Gasteiger partial charge in [0.2, 0.25) is 15.9 Å². The Morgan fingerprint density at radius 2 is 1.83 bits per heavy atom. The molecule has 7 nitrogen and oxygen atoms in total. The number of thiophene rings is 1. The van der Waals surface area contributed by atoms with Crippen molar-refractivity contribution in [3.8, 4) is 0 Å². The number of carbonyl (C=O) groups excluding carboxylic acids is 2.